The Hall–Kier alpha value is -1.02. The SMILES string of the molecule is CCCCN1CC(C)c2c1ccc1c(Br)cccc21. The van der Waals surface area contributed by atoms with Crippen LogP contribution in [0.5, 0.6) is 0 Å². The van der Waals surface area contributed by atoms with Crippen LogP contribution in [-0.4, -0.2) is 13.1 Å². The summed E-state index contributed by atoms with van der Waals surface area (Å²) in [6, 6.07) is 11.1. The Balaban J connectivity index is 2.12. The highest BCUT2D eigenvalue weighted by Gasteiger charge is 2.26. The minimum absolute atomic E-state index is 0.629. The molecule has 0 saturated carbocycles. The van der Waals surface area contributed by atoms with E-state index in [0.29, 0.717) is 5.92 Å². The van der Waals surface area contributed by atoms with Gasteiger partial charge in [0.05, 0.1) is 0 Å². The van der Waals surface area contributed by atoms with Gasteiger partial charge in [0.15, 0.2) is 0 Å². The summed E-state index contributed by atoms with van der Waals surface area (Å²) >= 11 is 3.67. The fraction of sp³-hybridized carbons (Fsp3) is 0.412. The Labute approximate surface area is 123 Å². The summed E-state index contributed by atoms with van der Waals surface area (Å²) in [7, 11) is 0. The molecule has 0 spiro atoms. The first kappa shape index (κ1) is 13.0. The molecule has 19 heavy (non-hydrogen) atoms. The molecule has 1 aliphatic heterocycles. The van der Waals surface area contributed by atoms with Crippen molar-refractivity contribution in [1.29, 1.82) is 0 Å². The first-order valence-electron chi connectivity index (χ1n) is 7.18. The van der Waals surface area contributed by atoms with Gasteiger partial charge >= 0.3 is 0 Å². The Kier molecular flexibility index (Phi) is 3.53. The number of rotatable bonds is 3. The Morgan fingerprint density at radius 3 is 2.84 bits per heavy atom. The highest BCUT2D eigenvalue weighted by Crippen LogP contribution is 2.42. The lowest BCUT2D eigenvalue weighted by Crippen LogP contribution is -2.22. The lowest BCUT2D eigenvalue weighted by Gasteiger charge is -2.19. The van der Waals surface area contributed by atoms with Crippen LogP contribution in [0.4, 0.5) is 5.69 Å². The molecule has 0 radical (unpaired) electrons. The van der Waals surface area contributed by atoms with Crippen LogP contribution in [0.25, 0.3) is 10.8 Å². The van der Waals surface area contributed by atoms with Gasteiger partial charge in [0.2, 0.25) is 0 Å². The van der Waals surface area contributed by atoms with E-state index < -0.39 is 0 Å². The molecule has 0 bridgehead atoms. The molecule has 1 heterocycles. The summed E-state index contributed by atoms with van der Waals surface area (Å²) in [6.07, 6.45) is 2.54. The third kappa shape index (κ3) is 2.16. The largest absolute Gasteiger partial charge is 0.371 e. The summed E-state index contributed by atoms with van der Waals surface area (Å²) in [4.78, 5) is 2.56. The molecule has 1 aliphatic rings. The van der Waals surface area contributed by atoms with E-state index in [9.17, 15) is 0 Å². The zero-order chi connectivity index (χ0) is 13.4. The van der Waals surface area contributed by atoms with Crippen LogP contribution in [0.15, 0.2) is 34.8 Å². The summed E-state index contributed by atoms with van der Waals surface area (Å²) in [5.41, 5.74) is 2.99. The molecule has 3 rings (SSSR count). The van der Waals surface area contributed by atoms with Crippen LogP contribution in [-0.2, 0) is 0 Å². The van der Waals surface area contributed by atoms with Crippen molar-refractivity contribution in [3.63, 3.8) is 0 Å². The van der Waals surface area contributed by atoms with E-state index in [1.807, 2.05) is 0 Å². The standard InChI is InChI=1S/C17H20BrN/c1-3-4-10-19-11-12(2)17-14-6-5-7-15(18)13(14)8-9-16(17)19/h5-9,12H,3-4,10-11H2,1-2H3. The second-order valence-corrected chi connectivity index (χ2v) is 6.39. The summed E-state index contributed by atoms with van der Waals surface area (Å²) in [5.74, 6) is 0.629. The summed E-state index contributed by atoms with van der Waals surface area (Å²) in [6.45, 7) is 6.97. The van der Waals surface area contributed by atoms with Crippen molar-refractivity contribution in [2.45, 2.75) is 32.6 Å². The molecular weight excluding hydrogens is 298 g/mol. The van der Waals surface area contributed by atoms with Crippen molar-refractivity contribution in [3.05, 3.63) is 40.4 Å². The second kappa shape index (κ2) is 5.16. The molecule has 0 aromatic heterocycles. The number of anilines is 1. The average molecular weight is 318 g/mol. The van der Waals surface area contributed by atoms with Gasteiger partial charge in [-0.3, -0.25) is 0 Å². The zero-order valence-electron chi connectivity index (χ0n) is 11.6. The number of hydrogen-bond donors (Lipinski definition) is 0. The van der Waals surface area contributed by atoms with Gasteiger partial charge < -0.3 is 4.90 Å². The number of fused-ring (bicyclic) bond motifs is 3. The Bertz CT molecular complexity index is 605. The number of halogens is 1. The van der Waals surface area contributed by atoms with Crippen LogP contribution in [0.2, 0.25) is 0 Å². The van der Waals surface area contributed by atoms with Crippen molar-refractivity contribution in [2.75, 3.05) is 18.0 Å². The average Bonchev–Trinajstić information content (AvgIpc) is 2.74. The van der Waals surface area contributed by atoms with Crippen LogP contribution in [0.1, 0.15) is 38.2 Å². The van der Waals surface area contributed by atoms with Gasteiger partial charge in [0, 0.05) is 29.2 Å². The van der Waals surface area contributed by atoms with Gasteiger partial charge in [0.25, 0.3) is 0 Å². The van der Waals surface area contributed by atoms with Gasteiger partial charge in [0.1, 0.15) is 0 Å². The van der Waals surface area contributed by atoms with E-state index in [4.69, 9.17) is 0 Å². The van der Waals surface area contributed by atoms with Gasteiger partial charge in [-0.1, -0.05) is 54.4 Å². The van der Waals surface area contributed by atoms with Gasteiger partial charge in [-0.2, -0.15) is 0 Å². The highest BCUT2D eigenvalue weighted by molar-refractivity contribution is 9.10. The molecule has 0 amide bonds. The number of nitrogens with zero attached hydrogens (tertiary/aromatic N) is 1. The Morgan fingerprint density at radius 2 is 2.05 bits per heavy atom. The number of hydrogen-bond acceptors (Lipinski definition) is 1. The van der Waals surface area contributed by atoms with Crippen LogP contribution in [0.3, 0.4) is 0 Å². The summed E-state index contributed by atoms with van der Waals surface area (Å²) in [5, 5.41) is 2.75. The lowest BCUT2D eigenvalue weighted by molar-refractivity contribution is 0.700. The zero-order valence-corrected chi connectivity index (χ0v) is 13.2. The third-order valence-corrected chi connectivity index (χ3v) is 4.83. The van der Waals surface area contributed by atoms with E-state index in [1.54, 1.807) is 0 Å². The van der Waals surface area contributed by atoms with Gasteiger partial charge in [-0.05, 0) is 34.9 Å². The van der Waals surface area contributed by atoms with Crippen molar-refractivity contribution >= 4 is 32.4 Å². The molecule has 2 aromatic carbocycles. The van der Waals surface area contributed by atoms with E-state index in [2.05, 4.69) is 65.0 Å². The fourth-order valence-electron chi connectivity index (χ4n) is 3.21. The predicted octanol–water partition coefficient (Wildman–Crippen LogP) is 5.33. The van der Waals surface area contributed by atoms with Crippen molar-refractivity contribution in [1.82, 2.24) is 0 Å². The highest BCUT2D eigenvalue weighted by atomic mass is 79.9. The molecule has 0 saturated heterocycles. The Morgan fingerprint density at radius 1 is 1.21 bits per heavy atom. The molecule has 2 heteroatoms. The van der Waals surface area contributed by atoms with Crippen molar-refractivity contribution < 1.29 is 0 Å². The maximum atomic E-state index is 3.67. The van der Waals surface area contributed by atoms with Gasteiger partial charge in [-0.15, -0.1) is 0 Å². The van der Waals surface area contributed by atoms with E-state index in [1.165, 1.54) is 52.4 Å². The predicted molar refractivity (Wildman–Crippen MR) is 87.2 cm³/mol. The number of unbranched alkanes of at least 4 members (excludes halogenated alkanes) is 1. The fourth-order valence-corrected chi connectivity index (χ4v) is 3.70. The second-order valence-electron chi connectivity index (χ2n) is 5.53. The van der Waals surface area contributed by atoms with E-state index in [-0.39, 0.29) is 0 Å². The van der Waals surface area contributed by atoms with Crippen LogP contribution >= 0.6 is 15.9 Å². The maximum Gasteiger partial charge on any atom is 0.0408 e. The molecule has 0 N–H and O–H groups in total. The first-order chi connectivity index (χ1) is 9.22. The quantitative estimate of drug-likeness (QED) is 0.740. The molecule has 1 atom stereocenters. The monoisotopic (exact) mass is 317 g/mol. The van der Waals surface area contributed by atoms with E-state index >= 15 is 0 Å². The lowest BCUT2D eigenvalue weighted by atomic mass is 9.96. The molecule has 2 aromatic rings. The van der Waals surface area contributed by atoms with Crippen LogP contribution in [0, 0.1) is 0 Å². The maximum absolute atomic E-state index is 3.67. The third-order valence-electron chi connectivity index (χ3n) is 4.14. The normalized spacial score (nSPS) is 18.1. The molecule has 100 valence electrons. The van der Waals surface area contributed by atoms with Gasteiger partial charge in [-0.25, -0.2) is 0 Å². The van der Waals surface area contributed by atoms with E-state index in [0.717, 1.165) is 0 Å². The minimum atomic E-state index is 0.629. The molecule has 0 aliphatic carbocycles. The summed E-state index contributed by atoms with van der Waals surface area (Å²) < 4.78 is 1.20. The first-order valence-corrected chi connectivity index (χ1v) is 7.97. The molecule has 0 fully saturated rings. The molecular formula is C17H20BrN. The smallest absolute Gasteiger partial charge is 0.0408 e. The van der Waals surface area contributed by atoms with Crippen molar-refractivity contribution in [3.8, 4) is 0 Å². The van der Waals surface area contributed by atoms with Crippen molar-refractivity contribution in [2.24, 2.45) is 0 Å². The topological polar surface area (TPSA) is 3.24 Å². The number of benzene rings is 2. The molecule has 1 nitrogen and oxygen atoms in total. The minimum Gasteiger partial charge on any atom is -0.371 e. The van der Waals surface area contributed by atoms with Crippen LogP contribution < -0.4 is 4.90 Å². The molecule has 1 unspecified atom stereocenters.